The van der Waals surface area contributed by atoms with Crippen LogP contribution in [0, 0.1) is 0 Å². The van der Waals surface area contributed by atoms with Crippen molar-refractivity contribution in [2.75, 3.05) is 12.3 Å². The van der Waals surface area contributed by atoms with Crippen LogP contribution < -0.4 is 0 Å². The van der Waals surface area contributed by atoms with E-state index < -0.39 is 0 Å². The van der Waals surface area contributed by atoms with Crippen molar-refractivity contribution in [1.82, 2.24) is 14.4 Å². The van der Waals surface area contributed by atoms with Gasteiger partial charge in [0.05, 0.1) is 11.1 Å². The first-order valence-electron chi connectivity index (χ1n) is 11.3. The summed E-state index contributed by atoms with van der Waals surface area (Å²) in [6.07, 6.45) is 2.01. The molecule has 1 aromatic heterocycles. The van der Waals surface area contributed by atoms with Gasteiger partial charge in [-0.05, 0) is 45.9 Å². The molecular weight excluding hydrogens is 434 g/mol. The van der Waals surface area contributed by atoms with Crippen LogP contribution >= 0.6 is 11.8 Å². The molecule has 0 fully saturated rings. The maximum Gasteiger partial charge on any atom is 0.261 e. The van der Waals surface area contributed by atoms with E-state index in [2.05, 4.69) is 0 Å². The van der Waals surface area contributed by atoms with Crippen molar-refractivity contribution < 1.29 is 14.4 Å². The summed E-state index contributed by atoms with van der Waals surface area (Å²) < 4.78 is 2.00. The highest BCUT2D eigenvalue weighted by atomic mass is 32.2. The fourth-order valence-electron chi connectivity index (χ4n) is 4.55. The highest BCUT2D eigenvalue weighted by molar-refractivity contribution is 7.99. The van der Waals surface area contributed by atoms with E-state index in [-0.39, 0.29) is 36.3 Å². The lowest BCUT2D eigenvalue weighted by Gasteiger charge is -2.31. The first-order valence-corrected chi connectivity index (χ1v) is 12.2. The van der Waals surface area contributed by atoms with Crippen molar-refractivity contribution in [3.8, 4) is 0 Å². The topological polar surface area (TPSA) is 62.6 Å². The smallest absolute Gasteiger partial charge is 0.261 e. The second-order valence-electron chi connectivity index (χ2n) is 8.78. The predicted octanol–water partition coefficient (Wildman–Crippen LogP) is 4.68. The van der Waals surface area contributed by atoms with E-state index in [4.69, 9.17) is 0 Å². The third-order valence-electron chi connectivity index (χ3n) is 5.91. The van der Waals surface area contributed by atoms with E-state index in [9.17, 15) is 14.4 Å². The Kier molecular flexibility index (Phi) is 6.61. The summed E-state index contributed by atoms with van der Waals surface area (Å²) in [7, 11) is 0. The van der Waals surface area contributed by atoms with Crippen LogP contribution in [0.3, 0.4) is 0 Å². The van der Waals surface area contributed by atoms with Crippen LogP contribution in [0.5, 0.6) is 0 Å². The molecule has 0 saturated heterocycles. The predicted molar refractivity (Wildman–Crippen MR) is 132 cm³/mol. The third kappa shape index (κ3) is 4.42. The van der Waals surface area contributed by atoms with Crippen LogP contribution in [-0.2, 0) is 11.3 Å². The van der Waals surface area contributed by atoms with E-state index in [1.54, 1.807) is 36.0 Å². The summed E-state index contributed by atoms with van der Waals surface area (Å²) in [4.78, 5) is 42.5. The van der Waals surface area contributed by atoms with Gasteiger partial charge in [0.1, 0.15) is 6.54 Å². The number of benzene rings is 2. The highest BCUT2D eigenvalue weighted by Crippen LogP contribution is 2.31. The number of amides is 3. The van der Waals surface area contributed by atoms with Crippen LogP contribution in [-0.4, -0.2) is 56.5 Å². The van der Waals surface area contributed by atoms with E-state index in [1.165, 1.54) is 4.90 Å². The molecule has 6 nitrogen and oxygen atoms in total. The molecule has 7 heteroatoms. The lowest BCUT2D eigenvalue weighted by atomic mass is 10.1. The first-order chi connectivity index (χ1) is 15.8. The molecule has 0 aliphatic carbocycles. The summed E-state index contributed by atoms with van der Waals surface area (Å²) in [6.45, 7) is 8.75. The lowest BCUT2D eigenvalue weighted by Crippen LogP contribution is -2.43. The Bertz CT molecular complexity index is 1170. The van der Waals surface area contributed by atoms with Gasteiger partial charge in [0.2, 0.25) is 5.91 Å². The maximum atomic E-state index is 13.0. The second-order valence-corrected chi connectivity index (χ2v) is 9.92. The summed E-state index contributed by atoms with van der Waals surface area (Å²) in [6, 6.07) is 15.2. The zero-order chi connectivity index (χ0) is 23.7. The number of hydrogen-bond acceptors (Lipinski definition) is 4. The molecule has 0 spiro atoms. The molecule has 0 atom stereocenters. The fourth-order valence-corrected chi connectivity index (χ4v) is 5.57. The summed E-state index contributed by atoms with van der Waals surface area (Å²) >= 11 is 1.60. The minimum atomic E-state index is -0.230. The van der Waals surface area contributed by atoms with Gasteiger partial charge in [0, 0.05) is 46.4 Å². The standard InChI is InChI=1S/C26H29N3O3S/c1-17(2)29(18(3)4)24(30)16-27-15-23(21-11-7-8-12-22(21)27)33-14-13-28-25(31)19-9-5-6-10-20(19)26(28)32/h5-12,15,17-18H,13-14,16H2,1-4H3. The van der Waals surface area contributed by atoms with Crippen LogP contribution in [0.1, 0.15) is 48.4 Å². The molecule has 33 heavy (non-hydrogen) atoms. The molecular formula is C26H29N3O3S. The lowest BCUT2D eigenvalue weighted by molar-refractivity contribution is -0.135. The molecule has 0 unspecified atom stereocenters. The molecule has 0 bridgehead atoms. The van der Waals surface area contributed by atoms with Crippen molar-refractivity contribution in [1.29, 1.82) is 0 Å². The van der Waals surface area contributed by atoms with Gasteiger partial charge in [0.15, 0.2) is 0 Å². The molecule has 2 aromatic carbocycles. The van der Waals surface area contributed by atoms with Crippen molar-refractivity contribution in [2.45, 2.75) is 51.2 Å². The number of carbonyl (C=O) groups excluding carboxylic acids is 3. The SMILES string of the molecule is CC(C)N(C(=O)Cn1cc(SCCN2C(=O)c3ccccc3C2=O)c2ccccc21)C(C)C. The van der Waals surface area contributed by atoms with Gasteiger partial charge < -0.3 is 9.47 Å². The number of hydrogen-bond donors (Lipinski definition) is 0. The molecule has 3 amide bonds. The molecule has 2 heterocycles. The molecule has 172 valence electrons. The number of aromatic nitrogens is 1. The number of imide groups is 1. The van der Waals surface area contributed by atoms with Gasteiger partial charge in [-0.25, -0.2) is 0 Å². The largest absolute Gasteiger partial charge is 0.337 e. The average Bonchev–Trinajstić information content (AvgIpc) is 3.24. The number of fused-ring (bicyclic) bond motifs is 2. The normalized spacial score (nSPS) is 13.5. The number of carbonyl (C=O) groups is 3. The van der Waals surface area contributed by atoms with Crippen molar-refractivity contribution in [3.05, 3.63) is 65.9 Å². The van der Waals surface area contributed by atoms with Gasteiger partial charge in [-0.2, -0.15) is 0 Å². The molecule has 4 rings (SSSR count). The van der Waals surface area contributed by atoms with Crippen LogP contribution in [0.25, 0.3) is 10.9 Å². The van der Waals surface area contributed by atoms with E-state index in [1.807, 2.05) is 67.6 Å². The third-order valence-corrected chi connectivity index (χ3v) is 6.93. The molecule has 0 N–H and O–H groups in total. The Morgan fingerprint density at radius 1 is 0.909 bits per heavy atom. The van der Waals surface area contributed by atoms with Crippen LogP contribution in [0.15, 0.2) is 59.6 Å². The van der Waals surface area contributed by atoms with Crippen molar-refractivity contribution >= 4 is 40.4 Å². The van der Waals surface area contributed by atoms with Crippen LogP contribution in [0.4, 0.5) is 0 Å². The van der Waals surface area contributed by atoms with E-state index in [0.717, 1.165) is 15.8 Å². The molecule has 1 aliphatic heterocycles. The number of thioether (sulfide) groups is 1. The Morgan fingerprint density at radius 2 is 1.48 bits per heavy atom. The molecule has 0 radical (unpaired) electrons. The zero-order valence-corrected chi connectivity index (χ0v) is 20.3. The summed E-state index contributed by atoms with van der Waals surface area (Å²) in [5, 5.41) is 1.07. The van der Waals surface area contributed by atoms with E-state index in [0.29, 0.717) is 23.4 Å². The van der Waals surface area contributed by atoms with Crippen molar-refractivity contribution in [2.24, 2.45) is 0 Å². The quantitative estimate of drug-likeness (QED) is 0.360. The Labute approximate surface area is 198 Å². The van der Waals surface area contributed by atoms with Gasteiger partial charge in [-0.3, -0.25) is 19.3 Å². The Hall–Kier alpha value is -3.06. The van der Waals surface area contributed by atoms with E-state index >= 15 is 0 Å². The maximum absolute atomic E-state index is 13.0. The highest BCUT2D eigenvalue weighted by Gasteiger charge is 2.34. The van der Waals surface area contributed by atoms with Crippen molar-refractivity contribution in [3.63, 3.8) is 0 Å². The Morgan fingerprint density at radius 3 is 2.09 bits per heavy atom. The summed E-state index contributed by atoms with van der Waals surface area (Å²) in [5.41, 5.74) is 1.95. The monoisotopic (exact) mass is 463 g/mol. The van der Waals surface area contributed by atoms with Gasteiger partial charge in [-0.15, -0.1) is 11.8 Å². The number of para-hydroxylation sites is 1. The van der Waals surface area contributed by atoms with Gasteiger partial charge in [-0.1, -0.05) is 30.3 Å². The zero-order valence-electron chi connectivity index (χ0n) is 19.4. The molecule has 3 aromatic rings. The van der Waals surface area contributed by atoms with Gasteiger partial charge >= 0.3 is 0 Å². The minimum absolute atomic E-state index is 0.0864. The number of nitrogens with zero attached hydrogens (tertiary/aromatic N) is 3. The molecule has 0 saturated carbocycles. The minimum Gasteiger partial charge on any atom is -0.337 e. The second kappa shape index (κ2) is 9.43. The van der Waals surface area contributed by atoms with Gasteiger partial charge in [0.25, 0.3) is 11.8 Å². The Balaban J connectivity index is 1.49. The molecule has 1 aliphatic rings. The van der Waals surface area contributed by atoms with Crippen LogP contribution in [0.2, 0.25) is 0 Å². The average molecular weight is 464 g/mol. The first kappa shape index (κ1) is 23.1. The number of rotatable bonds is 8. The fraction of sp³-hybridized carbons (Fsp3) is 0.346. The summed E-state index contributed by atoms with van der Waals surface area (Å²) in [5.74, 6) is 0.207.